The van der Waals surface area contributed by atoms with E-state index in [1.807, 2.05) is 25.1 Å². The number of nitrogens with zero attached hydrogens (tertiary/aromatic N) is 2. The van der Waals surface area contributed by atoms with Crippen LogP contribution in [-0.4, -0.2) is 15.7 Å². The molecule has 1 aromatic heterocycles. The smallest absolute Gasteiger partial charge is 0.276 e. The van der Waals surface area contributed by atoms with Crippen molar-refractivity contribution in [2.24, 2.45) is 7.05 Å². The Hall–Kier alpha value is -1.62. The fraction of sp³-hybridized carbons (Fsp3) is 0.167. The molecule has 0 radical (unpaired) electrons. The molecule has 88 valence electrons. The minimum atomic E-state index is -0.211. The van der Waals surface area contributed by atoms with E-state index in [0.29, 0.717) is 5.69 Å². The lowest BCUT2D eigenvalue weighted by atomic mass is 10.2. The van der Waals surface area contributed by atoms with E-state index in [9.17, 15) is 4.79 Å². The molecule has 4 nitrogen and oxygen atoms in total. The van der Waals surface area contributed by atoms with Crippen LogP contribution in [0.1, 0.15) is 16.1 Å². The van der Waals surface area contributed by atoms with Gasteiger partial charge in [-0.05, 0) is 40.5 Å². The van der Waals surface area contributed by atoms with Gasteiger partial charge in [0, 0.05) is 17.7 Å². The summed E-state index contributed by atoms with van der Waals surface area (Å²) in [6.07, 6.45) is 1.74. The summed E-state index contributed by atoms with van der Waals surface area (Å²) in [4.78, 5) is 11.9. The van der Waals surface area contributed by atoms with Crippen molar-refractivity contribution in [2.45, 2.75) is 6.92 Å². The Balaban J connectivity index is 2.21. The molecule has 0 bridgehead atoms. The minimum Gasteiger partial charge on any atom is -0.320 e. The first-order chi connectivity index (χ1) is 8.08. The molecular weight excluding hydrogens is 282 g/mol. The van der Waals surface area contributed by atoms with Gasteiger partial charge in [-0.1, -0.05) is 12.1 Å². The number of carbonyl (C=O) groups excluding carboxylic acids is 1. The zero-order valence-electron chi connectivity index (χ0n) is 9.57. The molecular formula is C12H12BrN3O. The van der Waals surface area contributed by atoms with Gasteiger partial charge < -0.3 is 5.32 Å². The van der Waals surface area contributed by atoms with E-state index in [4.69, 9.17) is 0 Å². The van der Waals surface area contributed by atoms with Crippen LogP contribution in [0.5, 0.6) is 0 Å². The highest BCUT2D eigenvalue weighted by Gasteiger charge is 2.11. The van der Waals surface area contributed by atoms with Gasteiger partial charge in [-0.25, -0.2) is 0 Å². The Morgan fingerprint density at radius 1 is 1.41 bits per heavy atom. The topological polar surface area (TPSA) is 46.9 Å². The fourth-order valence-electron chi connectivity index (χ4n) is 1.47. The largest absolute Gasteiger partial charge is 0.320 e. The standard InChI is InChI=1S/C12H12BrN3O/c1-8-4-3-5-9(11(8)13)14-12(17)10-6-7-16(2)15-10/h3-7H,1-2H3,(H,14,17). The average molecular weight is 294 g/mol. The maximum absolute atomic E-state index is 11.9. The summed E-state index contributed by atoms with van der Waals surface area (Å²) in [6.45, 7) is 1.97. The predicted molar refractivity (Wildman–Crippen MR) is 70.0 cm³/mol. The highest BCUT2D eigenvalue weighted by molar-refractivity contribution is 9.10. The first-order valence-electron chi connectivity index (χ1n) is 5.14. The van der Waals surface area contributed by atoms with Crippen molar-refractivity contribution in [1.29, 1.82) is 0 Å². The number of anilines is 1. The number of aromatic nitrogens is 2. The molecule has 1 amide bonds. The highest BCUT2D eigenvalue weighted by Crippen LogP contribution is 2.25. The molecule has 0 aliphatic heterocycles. The van der Waals surface area contributed by atoms with E-state index in [2.05, 4.69) is 26.3 Å². The maximum Gasteiger partial charge on any atom is 0.276 e. The Bertz CT molecular complexity index is 563. The Labute approximate surface area is 108 Å². The van der Waals surface area contributed by atoms with Crippen LogP contribution in [0.3, 0.4) is 0 Å². The molecule has 0 fully saturated rings. The molecule has 0 aliphatic carbocycles. The van der Waals surface area contributed by atoms with E-state index in [1.165, 1.54) is 0 Å². The summed E-state index contributed by atoms with van der Waals surface area (Å²) in [6, 6.07) is 7.39. The number of rotatable bonds is 2. The number of halogens is 1. The van der Waals surface area contributed by atoms with Crippen molar-refractivity contribution in [2.75, 3.05) is 5.32 Å². The summed E-state index contributed by atoms with van der Waals surface area (Å²) in [5.41, 5.74) is 2.23. The zero-order chi connectivity index (χ0) is 12.4. The van der Waals surface area contributed by atoms with Crippen LogP contribution in [0.2, 0.25) is 0 Å². The van der Waals surface area contributed by atoms with Crippen molar-refractivity contribution in [3.63, 3.8) is 0 Å². The van der Waals surface area contributed by atoms with Crippen molar-refractivity contribution >= 4 is 27.5 Å². The summed E-state index contributed by atoms with van der Waals surface area (Å²) in [5, 5.41) is 6.87. The molecule has 5 heteroatoms. The summed E-state index contributed by atoms with van der Waals surface area (Å²) in [7, 11) is 1.78. The molecule has 0 aliphatic rings. The summed E-state index contributed by atoms with van der Waals surface area (Å²) in [5.74, 6) is -0.211. The second-order valence-electron chi connectivity index (χ2n) is 3.77. The van der Waals surface area contributed by atoms with E-state index >= 15 is 0 Å². The van der Waals surface area contributed by atoms with E-state index in [0.717, 1.165) is 15.7 Å². The third-order valence-electron chi connectivity index (χ3n) is 2.39. The van der Waals surface area contributed by atoms with E-state index in [-0.39, 0.29) is 5.91 Å². The Morgan fingerprint density at radius 3 is 2.82 bits per heavy atom. The van der Waals surface area contributed by atoms with Crippen LogP contribution >= 0.6 is 15.9 Å². The quantitative estimate of drug-likeness (QED) is 0.925. The SMILES string of the molecule is Cc1cccc(NC(=O)c2ccn(C)n2)c1Br. The van der Waals surface area contributed by atoms with Crippen LogP contribution in [0.15, 0.2) is 34.9 Å². The number of hydrogen-bond donors (Lipinski definition) is 1. The van der Waals surface area contributed by atoms with Gasteiger partial charge in [0.15, 0.2) is 5.69 Å². The highest BCUT2D eigenvalue weighted by atomic mass is 79.9. The van der Waals surface area contributed by atoms with Crippen molar-refractivity contribution in [1.82, 2.24) is 9.78 Å². The first kappa shape index (κ1) is 11.9. The van der Waals surface area contributed by atoms with Gasteiger partial charge in [0.2, 0.25) is 0 Å². The van der Waals surface area contributed by atoms with Crippen LogP contribution in [0.4, 0.5) is 5.69 Å². The lowest BCUT2D eigenvalue weighted by Gasteiger charge is -2.07. The molecule has 0 atom stereocenters. The molecule has 1 heterocycles. The van der Waals surface area contributed by atoms with Gasteiger partial charge >= 0.3 is 0 Å². The van der Waals surface area contributed by atoms with Gasteiger partial charge in [-0.15, -0.1) is 0 Å². The number of amides is 1. The molecule has 1 N–H and O–H groups in total. The van der Waals surface area contributed by atoms with Gasteiger partial charge in [-0.3, -0.25) is 9.48 Å². The van der Waals surface area contributed by atoms with Crippen LogP contribution in [-0.2, 0) is 7.05 Å². The maximum atomic E-state index is 11.9. The number of benzene rings is 1. The van der Waals surface area contributed by atoms with E-state index in [1.54, 1.807) is 24.0 Å². The van der Waals surface area contributed by atoms with Crippen LogP contribution < -0.4 is 5.32 Å². The van der Waals surface area contributed by atoms with Crippen molar-refractivity contribution in [3.8, 4) is 0 Å². The summed E-state index contributed by atoms with van der Waals surface area (Å²) >= 11 is 3.45. The molecule has 2 aromatic rings. The number of carbonyl (C=O) groups is 1. The molecule has 0 saturated heterocycles. The van der Waals surface area contributed by atoms with Crippen molar-refractivity contribution < 1.29 is 4.79 Å². The molecule has 2 rings (SSSR count). The zero-order valence-corrected chi connectivity index (χ0v) is 11.2. The second kappa shape index (κ2) is 4.71. The molecule has 1 aromatic carbocycles. The number of aryl methyl sites for hydroxylation is 2. The molecule has 0 saturated carbocycles. The lowest BCUT2D eigenvalue weighted by Crippen LogP contribution is -2.13. The van der Waals surface area contributed by atoms with Gasteiger partial charge in [0.25, 0.3) is 5.91 Å². The average Bonchev–Trinajstić information content (AvgIpc) is 2.72. The third-order valence-corrected chi connectivity index (χ3v) is 3.44. The number of hydrogen-bond acceptors (Lipinski definition) is 2. The van der Waals surface area contributed by atoms with Gasteiger partial charge in [0.1, 0.15) is 0 Å². The van der Waals surface area contributed by atoms with Gasteiger partial charge in [0.05, 0.1) is 5.69 Å². The number of nitrogens with one attached hydrogen (secondary N) is 1. The summed E-state index contributed by atoms with van der Waals surface area (Å²) < 4.78 is 2.49. The van der Waals surface area contributed by atoms with Crippen LogP contribution in [0, 0.1) is 6.92 Å². The molecule has 0 spiro atoms. The van der Waals surface area contributed by atoms with Gasteiger partial charge in [-0.2, -0.15) is 5.10 Å². The third kappa shape index (κ3) is 2.55. The van der Waals surface area contributed by atoms with Crippen LogP contribution in [0.25, 0.3) is 0 Å². The Morgan fingerprint density at radius 2 is 2.18 bits per heavy atom. The monoisotopic (exact) mass is 293 g/mol. The van der Waals surface area contributed by atoms with E-state index < -0.39 is 0 Å². The second-order valence-corrected chi connectivity index (χ2v) is 4.56. The fourth-order valence-corrected chi connectivity index (χ4v) is 1.83. The first-order valence-corrected chi connectivity index (χ1v) is 5.93. The predicted octanol–water partition coefficient (Wildman–Crippen LogP) is 2.74. The van der Waals surface area contributed by atoms with Crippen molar-refractivity contribution in [3.05, 3.63) is 46.2 Å². The Kier molecular flexibility index (Phi) is 3.28. The molecule has 0 unspecified atom stereocenters. The minimum absolute atomic E-state index is 0.211. The normalized spacial score (nSPS) is 10.3. The lowest BCUT2D eigenvalue weighted by molar-refractivity contribution is 0.102. The molecule has 17 heavy (non-hydrogen) atoms.